The number of anilines is 2. The van der Waals surface area contributed by atoms with Crippen molar-refractivity contribution in [1.29, 1.82) is 0 Å². The number of hydrogen-bond acceptors (Lipinski definition) is 3. The molecular formula is C22H28N2O3. The molecule has 0 unspecified atom stereocenters. The molecule has 2 N–H and O–H groups in total. The van der Waals surface area contributed by atoms with Gasteiger partial charge in [0.2, 0.25) is 11.8 Å². The van der Waals surface area contributed by atoms with Gasteiger partial charge in [-0.25, -0.2) is 0 Å². The molecule has 0 saturated heterocycles. The average molecular weight is 368 g/mol. The molecule has 0 bridgehead atoms. The third-order valence-corrected chi connectivity index (χ3v) is 4.27. The molecule has 0 radical (unpaired) electrons. The van der Waals surface area contributed by atoms with E-state index in [9.17, 15) is 9.59 Å². The number of benzene rings is 2. The van der Waals surface area contributed by atoms with Crippen LogP contribution in [0.4, 0.5) is 11.4 Å². The van der Waals surface area contributed by atoms with Crippen LogP contribution in [0.15, 0.2) is 42.5 Å². The maximum Gasteiger partial charge on any atom is 0.239 e. The fourth-order valence-electron chi connectivity index (χ4n) is 2.46. The van der Waals surface area contributed by atoms with Crippen molar-refractivity contribution in [2.24, 2.45) is 5.41 Å². The molecule has 0 aliphatic rings. The van der Waals surface area contributed by atoms with Crippen LogP contribution in [0, 0.1) is 19.3 Å². The molecule has 0 fully saturated rings. The molecule has 2 amide bonds. The van der Waals surface area contributed by atoms with E-state index in [1.807, 2.05) is 58.0 Å². The average Bonchev–Trinajstić information content (AvgIpc) is 2.59. The van der Waals surface area contributed by atoms with Gasteiger partial charge in [-0.1, -0.05) is 24.3 Å². The Balaban J connectivity index is 2.17. The Kier molecular flexibility index (Phi) is 6.26. The van der Waals surface area contributed by atoms with Gasteiger partial charge in [-0.15, -0.1) is 0 Å². The van der Waals surface area contributed by atoms with Crippen LogP contribution in [0.3, 0.4) is 0 Å². The first-order valence-electron chi connectivity index (χ1n) is 9.07. The number of ether oxygens (including phenoxy) is 1. The van der Waals surface area contributed by atoms with Gasteiger partial charge >= 0.3 is 0 Å². The summed E-state index contributed by atoms with van der Waals surface area (Å²) in [6, 6.07) is 13.0. The van der Waals surface area contributed by atoms with Crippen molar-refractivity contribution < 1.29 is 14.3 Å². The number of nitrogens with one attached hydrogen (secondary N) is 2. The Labute approximate surface area is 161 Å². The molecule has 5 nitrogen and oxygen atoms in total. The molecule has 0 spiro atoms. The summed E-state index contributed by atoms with van der Waals surface area (Å²) >= 11 is 0. The lowest BCUT2D eigenvalue weighted by atomic mass is 9.90. The van der Waals surface area contributed by atoms with Crippen LogP contribution in [0.5, 0.6) is 5.75 Å². The molecule has 27 heavy (non-hydrogen) atoms. The second-order valence-corrected chi connectivity index (χ2v) is 7.51. The summed E-state index contributed by atoms with van der Waals surface area (Å²) in [5.41, 5.74) is 1.98. The van der Waals surface area contributed by atoms with Crippen LogP contribution in [0.1, 0.15) is 38.8 Å². The Morgan fingerprint density at radius 2 is 1.52 bits per heavy atom. The summed E-state index contributed by atoms with van der Waals surface area (Å²) in [4.78, 5) is 25.6. The topological polar surface area (TPSA) is 67.4 Å². The van der Waals surface area contributed by atoms with Gasteiger partial charge in [0.25, 0.3) is 0 Å². The number of rotatable bonds is 6. The number of aryl methyl sites for hydroxylation is 2. The van der Waals surface area contributed by atoms with E-state index in [0.29, 0.717) is 17.1 Å². The number of para-hydroxylation sites is 2. The van der Waals surface area contributed by atoms with Gasteiger partial charge in [0, 0.05) is 5.69 Å². The third kappa shape index (κ3) is 5.09. The smallest absolute Gasteiger partial charge is 0.239 e. The quantitative estimate of drug-likeness (QED) is 0.727. The van der Waals surface area contributed by atoms with Crippen LogP contribution in [0.25, 0.3) is 0 Å². The maximum atomic E-state index is 12.8. The van der Waals surface area contributed by atoms with Crippen molar-refractivity contribution in [3.05, 3.63) is 53.6 Å². The number of carbonyl (C=O) groups excluding carboxylic acids is 2. The normalized spacial score (nSPS) is 11.2. The first-order chi connectivity index (χ1) is 12.6. The summed E-state index contributed by atoms with van der Waals surface area (Å²) in [5.74, 6) is -0.187. The van der Waals surface area contributed by atoms with Crippen molar-refractivity contribution in [3.63, 3.8) is 0 Å². The molecule has 0 heterocycles. The maximum absolute atomic E-state index is 12.8. The monoisotopic (exact) mass is 368 g/mol. The minimum absolute atomic E-state index is 0.0244. The highest BCUT2D eigenvalue weighted by molar-refractivity contribution is 6.14. The van der Waals surface area contributed by atoms with E-state index in [-0.39, 0.29) is 12.0 Å². The molecule has 2 aromatic rings. The fraction of sp³-hybridized carbons (Fsp3) is 0.364. The Morgan fingerprint density at radius 1 is 0.926 bits per heavy atom. The highest BCUT2D eigenvalue weighted by atomic mass is 16.5. The largest absolute Gasteiger partial charge is 0.489 e. The number of amides is 2. The van der Waals surface area contributed by atoms with E-state index in [4.69, 9.17) is 4.74 Å². The molecule has 0 saturated carbocycles. The first kappa shape index (κ1) is 20.5. The lowest BCUT2D eigenvalue weighted by molar-refractivity contribution is -0.135. The van der Waals surface area contributed by atoms with Crippen molar-refractivity contribution in [2.45, 2.75) is 47.6 Å². The van der Waals surface area contributed by atoms with E-state index in [1.54, 1.807) is 26.0 Å². The zero-order valence-electron chi connectivity index (χ0n) is 16.8. The summed E-state index contributed by atoms with van der Waals surface area (Å²) in [6.45, 7) is 10.9. The molecular weight excluding hydrogens is 340 g/mol. The SMILES string of the molecule is Cc1ccc(C)c(NC(=O)C(C)(C)C(=O)Nc2ccccc2OC(C)C)c1. The second kappa shape index (κ2) is 8.25. The van der Waals surface area contributed by atoms with E-state index in [0.717, 1.165) is 11.1 Å². The Morgan fingerprint density at radius 3 is 2.15 bits per heavy atom. The van der Waals surface area contributed by atoms with Gasteiger partial charge in [0.1, 0.15) is 11.2 Å². The van der Waals surface area contributed by atoms with Crippen LogP contribution >= 0.6 is 0 Å². The van der Waals surface area contributed by atoms with Crippen molar-refractivity contribution in [1.82, 2.24) is 0 Å². The Bertz CT molecular complexity index is 841. The van der Waals surface area contributed by atoms with E-state index in [1.165, 1.54) is 0 Å². The Hall–Kier alpha value is -2.82. The number of carbonyl (C=O) groups is 2. The summed E-state index contributed by atoms with van der Waals surface area (Å²) in [6.07, 6.45) is -0.0244. The van der Waals surface area contributed by atoms with Crippen LogP contribution in [-0.2, 0) is 9.59 Å². The summed E-state index contributed by atoms with van der Waals surface area (Å²) in [7, 11) is 0. The lowest BCUT2D eigenvalue weighted by Crippen LogP contribution is -2.41. The predicted octanol–water partition coefficient (Wildman–Crippen LogP) is 4.69. The molecule has 0 aliphatic heterocycles. The highest BCUT2D eigenvalue weighted by Crippen LogP contribution is 2.28. The van der Waals surface area contributed by atoms with Gasteiger partial charge in [-0.05, 0) is 70.9 Å². The van der Waals surface area contributed by atoms with Gasteiger partial charge < -0.3 is 15.4 Å². The third-order valence-electron chi connectivity index (χ3n) is 4.27. The lowest BCUT2D eigenvalue weighted by Gasteiger charge is -2.24. The van der Waals surface area contributed by atoms with E-state index >= 15 is 0 Å². The summed E-state index contributed by atoms with van der Waals surface area (Å²) in [5, 5.41) is 5.70. The fourth-order valence-corrected chi connectivity index (χ4v) is 2.46. The van der Waals surface area contributed by atoms with Gasteiger partial charge in [-0.2, -0.15) is 0 Å². The molecule has 0 atom stereocenters. The van der Waals surface area contributed by atoms with Crippen LogP contribution in [-0.4, -0.2) is 17.9 Å². The van der Waals surface area contributed by atoms with Gasteiger partial charge in [-0.3, -0.25) is 9.59 Å². The van der Waals surface area contributed by atoms with Crippen molar-refractivity contribution in [2.75, 3.05) is 10.6 Å². The van der Waals surface area contributed by atoms with E-state index < -0.39 is 11.3 Å². The van der Waals surface area contributed by atoms with Crippen LogP contribution in [0.2, 0.25) is 0 Å². The standard InChI is InChI=1S/C22H28N2O3/c1-14(2)27-19-10-8-7-9-17(19)23-20(25)22(5,6)21(26)24-18-13-15(3)11-12-16(18)4/h7-14H,1-6H3,(H,23,25)(H,24,26). The van der Waals surface area contributed by atoms with E-state index in [2.05, 4.69) is 10.6 Å². The minimum atomic E-state index is -1.26. The predicted molar refractivity (Wildman–Crippen MR) is 109 cm³/mol. The zero-order chi connectivity index (χ0) is 20.2. The zero-order valence-corrected chi connectivity index (χ0v) is 16.8. The second-order valence-electron chi connectivity index (χ2n) is 7.51. The highest BCUT2D eigenvalue weighted by Gasteiger charge is 2.36. The molecule has 5 heteroatoms. The molecule has 0 aromatic heterocycles. The minimum Gasteiger partial charge on any atom is -0.489 e. The molecule has 2 aromatic carbocycles. The molecule has 144 valence electrons. The molecule has 2 rings (SSSR count). The first-order valence-corrected chi connectivity index (χ1v) is 9.07. The van der Waals surface area contributed by atoms with Crippen molar-refractivity contribution >= 4 is 23.2 Å². The van der Waals surface area contributed by atoms with Gasteiger partial charge in [0.05, 0.1) is 11.8 Å². The molecule has 0 aliphatic carbocycles. The van der Waals surface area contributed by atoms with Gasteiger partial charge in [0.15, 0.2) is 0 Å². The number of hydrogen-bond donors (Lipinski definition) is 2. The van der Waals surface area contributed by atoms with Crippen molar-refractivity contribution in [3.8, 4) is 5.75 Å². The van der Waals surface area contributed by atoms with Crippen LogP contribution < -0.4 is 15.4 Å². The summed E-state index contributed by atoms with van der Waals surface area (Å²) < 4.78 is 5.73.